The quantitative estimate of drug-likeness (QED) is 0.511. The highest BCUT2D eigenvalue weighted by molar-refractivity contribution is 5.94. The van der Waals surface area contributed by atoms with Crippen molar-refractivity contribution >= 4 is 18.0 Å². The molecule has 0 saturated heterocycles. The molecule has 2 unspecified atom stereocenters. The normalized spacial score (nSPS) is 14.1. The van der Waals surface area contributed by atoms with Gasteiger partial charge in [0.2, 0.25) is 0 Å². The molecular formula is C16H22N2O6. The number of amides is 2. The summed E-state index contributed by atoms with van der Waals surface area (Å²) in [7, 11) is 1.32. The molecule has 2 amide bonds. The van der Waals surface area contributed by atoms with E-state index in [1.54, 1.807) is 37.3 Å². The summed E-state index contributed by atoms with van der Waals surface area (Å²) in [4.78, 5) is 36.3. The number of urea groups is 1. The lowest BCUT2D eigenvalue weighted by Gasteiger charge is -2.36. The minimum absolute atomic E-state index is 0.0525. The molecule has 1 aromatic carbocycles. The Hall–Kier alpha value is -2.61. The highest BCUT2D eigenvalue weighted by Gasteiger charge is 2.52. The van der Waals surface area contributed by atoms with E-state index in [0.29, 0.717) is 5.56 Å². The molecule has 0 fully saturated rings. The van der Waals surface area contributed by atoms with Crippen LogP contribution in [-0.2, 0) is 14.3 Å². The molecule has 0 aliphatic rings. The standard InChI is InChI=1S/C16H22N2O6/c1-3-24-13(20)12(11-7-5-4-6-8-11)16(9-10-19,14(21)22)18-15(23)17-2/h4-8,12,19H,3,9-10H2,1-2H3,(H,21,22)(H2,17,18,23). The van der Waals surface area contributed by atoms with Gasteiger partial charge < -0.3 is 25.6 Å². The number of carbonyl (C=O) groups is 3. The van der Waals surface area contributed by atoms with E-state index in [2.05, 4.69) is 10.6 Å². The predicted molar refractivity (Wildman–Crippen MR) is 85.5 cm³/mol. The molecule has 0 bridgehead atoms. The van der Waals surface area contributed by atoms with Crippen molar-refractivity contribution in [1.29, 1.82) is 0 Å². The minimum Gasteiger partial charge on any atom is -0.479 e. The molecule has 0 saturated carbocycles. The Bertz CT molecular complexity index is 577. The summed E-state index contributed by atoms with van der Waals surface area (Å²) in [5.74, 6) is -3.56. The maximum atomic E-state index is 12.5. The topological polar surface area (TPSA) is 125 Å². The van der Waals surface area contributed by atoms with Gasteiger partial charge in [0.05, 0.1) is 6.61 Å². The van der Waals surface area contributed by atoms with Gasteiger partial charge >= 0.3 is 18.0 Å². The molecule has 0 aliphatic heterocycles. The number of aliphatic hydroxyl groups excluding tert-OH is 1. The Morgan fingerprint density at radius 3 is 2.33 bits per heavy atom. The van der Waals surface area contributed by atoms with E-state index in [1.165, 1.54) is 7.05 Å². The van der Waals surface area contributed by atoms with Crippen molar-refractivity contribution in [3.8, 4) is 0 Å². The smallest absolute Gasteiger partial charge is 0.330 e. The highest BCUT2D eigenvalue weighted by atomic mass is 16.5. The van der Waals surface area contributed by atoms with Crippen LogP contribution < -0.4 is 10.6 Å². The molecule has 1 aromatic rings. The molecule has 2 atom stereocenters. The average Bonchev–Trinajstić information content (AvgIpc) is 2.56. The van der Waals surface area contributed by atoms with Crippen molar-refractivity contribution in [2.45, 2.75) is 24.8 Å². The SMILES string of the molecule is CCOC(=O)C(c1ccccc1)C(CCO)(NC(=O)NC)C(=O)O. The number of carboxylic acids is 1. The Labute approximate surface area is 139 Å². The number of rotatable bonds is 8. The number of carboxylic acid groups (broad SMARTS) is 1. The van der Waals surface area contributed by atoms with E-state index in [0.717, 1.165) is 0 Å². The Morgan fingerprint density at radius 1 is 1.25 bits per heavy atom. The number of carbonyl (C=O) groups excluding carboxylic acids is 2. The number of aliphatic hydroxyl groups is 1. The lowest BCUT2D eigenvalue weighted by atomic mass is 9.76. The molecule has 1 rings (SSSR count). The zero-order chi connectivity index (χ0) is 18.2. The molecule has 8 heteroatoms. The second-order valence-corrected chi connectivity index (χ2v) is 5.05. The maximum Gasteiger partial charge on any atom is 0.330 e. The Balaban J connectivity index is 3.50. The predicted octanol–water partition coefficient (Wildman–Crippen LogP) is 0.468. The number of nitrogens with one attached hydrogen (secondary N) is 2. The van der Waals surface area contributed by atoms with E-state index in [-0.39, 0.29) is 13.0 Å². The fraction of sp³-hybridized carbons (Fsp3) is 0.438. The van der Waals surface area contributed by atoms with Crippen LogP contribution in [0.3, 0.4) is 0 Å². The largest absolute Gasteiger partial charge is 0.479 e. The molecule has 4 N–H and O–H groups in total. The molecule has 24 heavy (non-hydrogen) atoms. The fourth-order valence-electron chi connectivity index (χ4n) is 2.50. The van der Waals surface area contributed by atoms with Crippen LogP contribution in [0.5, 0.6) is 0 Å². The summed E-state index contributed by atoms with van der Waals surface area (Å²) in [6.45, 7) is 1.11. The van der Waals surface area contributed by atoms with Gasteiger partial charge in [-0.25, -0.2) is 9.59 Å². The summed E-state index contributed by atoms with van der Waals surface area (Å²) < 4.78 is 5.02. The molecule has 0 spiro atoms. The van der Waals surface area contributed by atoms with E-state index in [4.69, 9.17) is 4.74 Å². The van der Waals surface area contributed by atoms with Gasteiger partial charge in [0.15, 0.2) is 5.54 Å². The van der Waals surface area contributed by atoms with Crippen LogP contribution in [0.25, 0.3) is 0 Å². The van der Waals surface area contributed by atoms with Gasteiger partial charge in [0.25, 0.3) is 0 Å². The molecule has 0 heterocycles. The van der Waals surface area contributed by atoms with E-state index in [1.807, 2.05) is 0 Å². The zero-order valence-corrected chi connectivity index (χ0v) is 13.6. The van der Waals surface area contributed by atoms with Crippen molar-refractivity contribution in [3.05, 3.63) is 35.9 Å². The summed E-state index contributed by atoms with van der Waals surface area (Å²) in [6, 6.07) is 7.37. The monoisotopic (exact) mass is 338 g/mol. The third-order valence-electron chi connectivity index (χ3n) is 3.60. The molecule has 0 radical (unpaired) electrons. The number of hydrogen-bond donors (Lipinski definition) is 4. The Kier molecular flexibility index (Phi) is 7.19. The van der Waals surface area contributed by atoms with Gasteiger partial charge in [-0.3, -0.25) is 4.79 Å². The number of esters is 1. The number of hydrogen-bond acceptors (Lipinski definition) is 5. The van der Waals surface area contributed by atoms with Crippen molar-refractivity contribution < 1.29 is 29.3 Å². The minimum atomic E-state index is -2.05. The fourth-order valence-corrected chi connectivity index (χ4v) is 2.50. The Morgan fingerprint density at radius 2 is 1.88 bits per heavy atom. The maximum absolute atomic E-state index is 12.5. The van der Waals surface area contributed by atoms with E-state index >= 15 is 0 Å². The first-order chi connectivity index (χ1) is 11.4. The molecular weight excluding hydrogens is 316 g/mol. The van der Waals surface area contributed by atoms with Crippen LogP contribution in [0.4, 0.5) is 4.79 Å². The summed E-state index contributed by atoms with van der Waals surface area (Å²) in [6.07, 6.45) is -0.367. The first-order valence-corrected chi connectivity index (χ1v) is 7.48. The van der Waals surface area contributed by atoms with E-state index < -0.39 is 36.0 Å². The number of benzene rings is 1. The van der Waals surface area contributed by atoms with Crippen molar-refractivity contribution in [1.82, 2.24) is 10.6 Å². The molecule has 132 valence electrons. The second kappa shape index (κ2) is 8.88. The number of ether oxygens (including phenoxy) is 1. The zero-order valence-electron chi connectivity index (χ0n) is 13.6. The van der Waals surface area contributed by atoms with Crippen LogP contribution in [0.15, 0.2) is 30.3 Å². The van der Waals surface area contributed by atoms with Crippen LogP contribution in [-0.4, -0.2) is 54.0 Å². The van der Waals surface area contributed by atoms with Crippen molar-refractivity contribution in [3.63, 3.8) is 0 Å². The number of aliphatic carboxylic acids is 1. The second-order valence-electron chi connectivity index (χ2n) is 5.05. The third-order valence-corrected chi connectivity index (χ3v) is 3.60. The van der Waals surface area contributed by atoms with E-state index in [9.17, 15) is 24.6 Å². The summed E-state index contributed by atoms with van der Waals surface area (Å²) >= 11 is 0. The molecule has 8 nitrogen and oxygen atoms in total. The van der Waals surface area contributed by atoms with Gasteiger partial charge in [0.1, 0.15) is 5.92 Å². The third kappa shape index (κ3) is 4.23. The van der Waals surface area contributed by atoms with Crippen LogP contribution in [0, 0.1) is 0 Å². The van der Waals surface area contributed by atoms with Crippen molar-refractivity contribution in [2.75, 3.05) is 20.3 Å². The summed E-state index contributed by atoms with van der Waals surface area (Å²) in [5.41, 5.74) is -1.69. The first kappa shape index (κ1) is 19.4. The van der Waals surface area contributed by atoms with Gasteiger partial charge in [0, 0.05) is 20.1 Å². The lowest BCUT2D eigenvalue weighted by Crippen LogP contribution is -2.62. The van der Waals surface area contributed by atoms with Gasteiger partial charge in [-0.15, -0.1) is 0 Å². The van der Waals surface area contributed by atoms with Crippen LogP contribution in [0.2, 0.25) is 0 Å². The lowest BCUT2D eigenvalue weighted by molar-refractivity contribution is -0.157. The highest BCUT2D eigenvalue weighted by Crippen LogP contribution is 2.33. The van der Waals surface area contributed by atoms with Gasteiger partial charge in [-0.05, 0) is 12.5 Å². The average molecular weight is 338 g/mol. The van der Waals surface area contributed by atoms with Gasteiger partial charge in [-0.2, -0.15) is 0 Å². The van der Waals surface area contributed by atoms with Crippen molar-refractivity contribution in [2.24, 2.45) is 0 Å². The van der Waals surface area contributed by atoms with Gasteiger partial charge in [-0.1, -0.05) is 30.3 Å². The van der Waals surface area contributed by atoms with Crippen LogP contribution in [0.1, 0.15) is 24.8 Å². The molecule has 0 aliphatic carbocycles. The van der Waals surface area contributed by atoms with Crippen LogP contribution >= 0.6 is 0 Å². The molecule has 0 aromatic heterocycles. The summed E-state index contributed by atoms with van der Waals surface area (Å²) in [5, 5.41) is 23.7. The first-order valence-electron chi connectivity index (χ1n) is 7.48.